The largest absolute Gasteiger partial charge is 0.455 e. The van der Waals surface area contributed by atoms with Gasteiger partial charge in [0.2, 0.25) is 17.3 Å². The Bertz CT molecular complexity index is 1330. The minimum Gasteiger partial charge on any atom is -0.455 e. The summed E-state index contributed by atoms with van der Waals surface area (Å²) in [6, 6.07) is 17.6. The minimum atomic E-state index is -0.653. The molecular weight excluding hydrogens is 454 g/mol. The molecule has 2 aromatic carbocycles. The van der Waals surface area contributed by atoms with E-state index < -0.39 is 11.2 Å². The molecule has 34 heavy (non-hydrogen) atoms. The summed E-state index contributed by atoms with van der Waals surface area (Å²) in [5.41, 5.74) is 2.98. The molecule has 172 valence electrons. The lowest BCUT2D eigenvalue weighted by atomic mass is 10.1. The van der Waals surface area contributed by atoms with E-state index in [1.165, 1.54) is 12.1 Å². The van der Waals surface area contributed by atoms with Crippen LogP contribution in [0.25, 0.3) is 22.6 Å². The third kappa shape index (κ3) is 4.44. The third-order valence-corrected chi connectivity index (χ3v) is 6.23. The zero-order valence-corrected chi connectivity index (χ0v) is 19.1. The maximum Gasteiger partial charge on any atom is 0.269 e. The van der Waals surface area contributed by atoms with Gasteiger partial charge in [-0.3, -0.25) is 10.1 Å². The maximum absolute atomic E-state index is 10.9. The second-order valence-corrected chi connectivity index (χ2v) is 8.71. The van der Waals surface area contributed by atoms with Crippen LogP contribution in [0, 0.1) is 10.1 Å². The number of hydrogen-bond acceptors (Lipinski definition) is 9. The number of fused-ring (bicyclic) bond motifs is 3. The Labute approximate surface area is 199 Å². The number of benzene rings is 2. The quantitative estimate of drug-likeness (QED) is 0.146. The van der Waals surface area contributed by atoms with Gasteiger partial charge in [-0.15, -0.1) is 10.2 Å². The van der Waals surface area contributed by atoms with Crippen molar-refractivity contribution in [2.45, 2.75) is 31.1 Å². The summed E-state index contributed by atoms with van der Waals surface area (Å²) >= 11 is 1.55. The Morgan fingerprint density at radius 3 is 2.71 bits per heavy atom. The van der Waals surface area contributed by atoms with Gasteiger partial charge in [0.15, 0.2) is 11.5 Å². The van der Waals surface area contributed by atoms with Crippen LogP contribution in [0.3, 0.4) is 0 Å². The molecule has 1 aliphatic heterocycles. The first-order valence-electron chi connectivity index (χ1n) is 10.9. The fourth-order valence-corrected chi connectivity index (χ4v) is 4.40. The van der Waals surface area contributed by atoms with E-state index in [1.807, 2.05) is 36.4 Å². The summed E-state index contributed by atoms with van der Waals surface area (Å²) in [4.78, 5) is 15.1. The number of anilines is 1. The molecular formula is C24H21N5O4S. The first-order chi connectivity index (χ1) is 16.6. The Morgan fingerprint density at radius 1 is 1.09 bits per heavy atom. The van der Waals surface area contributed by atoms with Crippen LogP contribution >= 0.6 is 11.8 Å². The molecule has 0 saturated heterocycles. The van der Waals surface area contributed by atoms with Crippen LogP contribution in [-0.4, -0.2) is 25.9 Å². The van der Waals surface area contributed by atoms with Gasteiger partial charge < -0.3 is 14.5 Å². The molecule has 0 radical (unpaired) electrons. The normalized spacial score (nSPS) is 14.3. The molecule has 5 rings (SSSR count). The maximum atomic E-state index is 10.9. The first-order valence-corrected chi connectivity index (χ1v) is 11.9. The standard InChI is InChI=1S/C24H21N5O4S/c1-2-3-14-34-24-26-23-21(27-28-24)17-6-4-5-7-18(17)25-22(33-23)20-13-12-19(32-20)15-8-10-16(11-9-15)29(30)31/h4-13,22,25H,2-3,14H2,1H3/t22-/m0/s1. The van der Waals surface area contributed by atoms with Crippen molar-refractivity contribution in [3.8, 4) is 28.5 Å². The molecule has 1 atom stereocenters. The average molecular weight is 476 g/mol. The van der Waals surface area contributed by atoms with Crippen molar-refractivity contribution >= 4 is 23.1 Å². The lowest BCUT2D eigenvalue weighted by Crippen LogP contribution is -2.16. The molecule has 10 heteroatoms. The molecule has 4 aromatic rings. The van der Waals surface area contributed by atoms with E-state index in [0.29, 0.717) is 28.3 Å². The van der Waals surface area contributed by atoms with Crippen molar-refractivity contribution in [2.24, 2.45) is 0 Å². The molecule has 0 unspecified atom stereocenters. The van der Waals surface area contributed by atoms with E-state index in [1.54, 1.807) is 23.9 Å². The molecule has 9 nitrogen and oxygen atoms in total. The predicted octanol–water partition coefficient (Wildman–Crippen LogP) is 6.10. The van der Waals surface area contributed by atoms with Crippen LogP contribution in [0.2, 0.25) is 0 Å². The van der Waals surface area contributed by atoms with Crippen LogP contribution in [-0.2, 0) is 0 Å². The fraction of sp³-hybridized carbons (Fsp3) is 0.208. The van der Waals surface area contributed by atoms with Crippen molar-refractivity contribution in [1.82, 2.24) is 15.2 Å². The second kappa shape index (κ2) is 9.52. The molecule has 0 amide bonds. The first kappa shape index (κ1) is 21.9. The van der Waals surface area contributed by atoms with Crippen molar-refractivity contribution < 1.29 is 14.1 Å². The van der Waals surface area contributed by atoms with E-state index in [-0.39, 0.29) is 5.69 Å². The van der Waals surface area contributed by atoms with Gasteiger partial charge >= 0.3 is 0 Å². The number of rotatable bonds is 7. The molecule has 0 spiro atoms. The van der Waals surface area contributed by atoms with Gasteiger partial charge in [0, 0.05) is 34.7 Å². The second-order valence-electron chi connectivity index (χ2n) is 7.64. The fourth-order valence-electron chi connectivity index (χ4n) is 3.54. The van der Waals surface area contributed by atoms with Crippen LogP contribution < -0.4 is 10.1 Å². The van der Waals surface area contributed by atoms with Crippen LogP contribution in [0.1, 0.15) is 31.8 Å². The smallest absolute Gasteiger partial charge is 0.269 e. The molecule has 1 N–H and O–H groups in total. The molecule has 0 saturated carbocycles. The summed E-state index contributed by atoms with van der Waals surface area (Å²) in [5.74, 6) is 2.40. The number of ether oxygens (including phenoxy) is 1. The van der Waals surface area contributed by atoms with Crippen molar-refractivity contribution in [1.29, 1.82) is 0 Å². The van der Waals surface area contributed by atoms with Gasteiger partial charge in [-0.05, 0) is 36.8 Å². The van der Waals surface area contributed by atoms with Gasteiger partial charge in [0.25, 0.3) is 5.69 Å². The number of nitro groups is 1. The van der Waals surface area contributed by atoms with Gasteiger partial charge in [-0.1, -0.05) is 43.3 Å². The Balaban J connectivity index is 1.47. The summed E-state index contributed by atoms with van der Waals surface area (Å²) in [6.07, 6.45) is 1.51. The van der Waals surface area contributed by atoms with Crippen molar-refractivity contribution in [3.05, 3.63) is 76.5 Å². The van der Waals surface area contributed by atoms with E-state index in [4.69, 9.17) is 9.15 Å². The molecule has 0 aliphatic carbocycles. The third-order valence-electron chi connectivity index (χ3n) is 5.31. The van der Waals surface area contributed by atoms with Gasteiger partial charge in [-0.2, -0.15) is 4.98 Å². The van der Waals surface area contributed by atoms with E-state index in [0.717, 1.165) is 35.4 Å². The van der Waals surface area contributed by atoms with Crippen LogP contribution in [0.5, 0.6) is 5.88 Å². The molecule has 0 fully saturated rings. The highest BCUT2D eigenvalue weighted by atomic mass is 32.2. The monoisotopic (exact) mass is 475 g/mol. The Morgan fingerprint density at radius 2 is 1.91 bits per heavy atom. The number of nitrogens with one attached hydrogen (secondary N) is 1. The number of nitro benzene ring substituents is 1. The molecule has 0 bridgehead atoms. The van der Waals surface area contributed by atoms with Gasteiger partial charge in [0.1, 0.15) is 5.76 Å². The predicted molar refractivity (Wildman–Crippen MR) is 129 cm³/mol. The summed E-state index contributed by atoms with van der Waals surface area (Å²) in [5, 5.41) is 23.6. The number of nitrogens with zero attached hydrogens (tertiary/aromatic N) is 4. The Hall–Kier alpha value is -3.92. The van der Waals surface area contributed by atoms with Crippen molar-refractivity contribution in [2.75, 3.05) is 11.1 Å². The molecule has 1 aliphatic rings. The average Bonchev–Trinajstić information content (AvgIpc) is 3.29. The zero-order chi connectivity index (χ0) is 23.5. The number of hydrogen-bond donors (Lipinski definition) is 1. The highest BCUT2D eigenvalue weighted by Gasteiger charge is 2.28. The topological polar surface area (TPSA) is 116 Å². The minimum absolute atomic E-state index is 0.0253. The van der Waals surface area contributed by atoms with Gasteiger partial charge in [0.05, 0.1) is 4.92 Å². The molecule has 3 heterocycles. The number of furan rings is 1. The molecule has 2 aromatic heterocycles. The summed E-state index contributed by atoms with van der Waals surface area (Å²) < 4.78 is 12.3. The lowest BCUT2D eigenvalue weighted by Gasteiger charge is -2.16. The Kier molecular flexibility index (Phi) is 6.13. The number of thioether (sulfide) groups is 1. The highest BCUT2D eigenvalue weighted by molar-refractivity contribution is 7.99. The zero-order valence-electron chi connectivity index (χ0n) is 18.3. The summed E-state index contributed by atoms with van der Waals surface area (Å²) in [6.45, 7) is 2.14. The number of unbranched alkanes of at least 4 members (excludes halogenated alkanes) is 1. The van der Waals surface area contributed by atoms with E-state index in [9.17, 15) is 10.1 Å². The van der Waals surface area contributed by atoms with Crippen LogP contribution in [0.4, 0.5) is 11.4 Å². The highest BCUT2D eigenvalue weighted by Crippen LogP contribution is 2.40. The van der Waals surface area contributed by atoms with E-state index in [2.05, 4.69) is 27.4 Å². The number of para-hydroxylation sites is 1. The lowest BCUT2D eigenvalue weighted by molar-refractivity contribution is -0.384. The number of aromatic nitrogens is 3. The van der Waals surface area contributed by atoms with Gasteiger partial charge in [-0.25, -0.2) is 0 Å². The van der Waals surface area contributed by atoms with E-state index >= 15 is 0 Å². The summed E-state index contributed by atoms with van der Waals surface area (Å²) in [7, 11) is 0. The number of non-ortho nitro benzene ring substituents is 1. The van der Waals surface area contributed by atoms with Crippen molar-refractivity contribution in [3.63, 3.8) is 0 Å². The van der Waals surface area contributed by atoms with Crippen LogP contribution in [0.15, 0.2) is 70.2 Å². The SMILES string of the molecule is CCCCSc1nnc2c(n1)O[C@@H](c1ccc(-c3ccc([N+](=O)[O-])cc3)o1)Nc1ccccc1-2.